The highest BCUT2D eigenvalue weighted by molar-refractivity contribution is 5.33. The van der Waals surface area contributed by atoms with E-state index in [9.17, 15) is 0 Å². The fourth-order valence-corrected chi connectivity index (χ4v) is 2.77. The molecule has 0 saturated heterocycles. The Labute approximate surface area is 111 Å². The Morgan fingerprint density at radius 2 is 1.89 bits per heavy atom. The SMILES string of the molecule is CN(CCCCO)Cc1ccc2c(c1)CCCC2. The van der Waals surface area contributed by atoms with Gasteiger partial charge in [0, 0.05) is 13.2 Å². The van der Waals surface area contributed by atoms with Crippen LogP contribution in [0.25, 0.3) is 0 Å². The molecule has 0 heterocycles. The normalized spacial score (nSPS) is 14.8. The highest BCUT2D eigenvalue weighted by Crippen LogP contribution is 2.22. The number of unbranched alkanes of at least 4 members (excludes halogenated alkanes) is 1. The molecule has 0 spiro atoms. The lowest BCUT2D eigenvalue weighted by molar-refractivity contribution is 0.261. The predicted molar refractivity (Wildman–Crippen MR) is 75.7 cm³/mol. The minimum atomic E-state index is 0.312. The molecule has 1 aromatic carbocycles. The Balaban J connectivity index is 1.89. The Hall–Kier alpha value is -0.860. The number of rotatable bonds is 6. The van der Waals surface area contributed by atoms with Crippen LogP contribution >= 0.6 is 0 Å². The van der Waals surface area contributed by atoms with E-state index in [2.05, 4.69) is 30.1 Å². The van der Waals surface area contributed by atoms with E-state index < -0.39 is 0 Å². The molecule has 0 radical (unpaired) electrons. The Bertz CT molecular complexity index is 375. The fourth-order valence-electron chi connectivity index (χ4n) is 2.77. The number of benzene rings is 1. The average Bonchev–Trinajstić information content (AvgIpc) is 2.39. The van der Waals surface area contributed by atoms with Crippen molar-refractivity contribution in [3.8, 4) is 0 Å². The van der Waals surface area contributed by atoms with Crippen molar-refractivity contribution < 1.29 is 5.11 Å². The molecule has 2 rings (SSSR count). The molecular weight excluding hydrogens is 222 g/mol. The van der Waals surface area contributed by atoms with Crippen molar-refractivity contribution in [3.05, 3.63) is 34.9 Å². The van der Waals surface area contributed by atoms with Gasteiger partial charge in [-0.1, -0.05) is 18.2 Å². The lowest BCUT2D eigenvalue weighted by Gasteiger charge is -2.20. The van der Waals surface area contributed by atoms with Gasteiger partial charge in [0.15, 0.2) is 0 Å². The van der Waals surface area contributed by atoms with Crippen LogP contribution in [0.3, 0.4) is 0 Å². The minimum absolute atomic E-state index is 0.312. The monoisotopic (exact) mass is 247 g/mol. The first kappa shape index (κ1) is 13.6. The molecule has 1 aliphatic carbocycles. The van der Waals surface area contributed by atoms with Gasteiger partial charge in [-0.3, -0.25) is 0 Å². The van der Waals surface area contributed by atoms with Gasteiger partial charge in [0.25, 0.3) is 0 Å². The van der Waals surface area contributed by atoms with Crippen LogP contribution in [-0.2, 0) is 19.4 Å². The molecule has 0 aromatic heterocycles. The molecule has 100 valence electrons. The third-order valence-electron chi connectivity index (χ3n) is 3.81. The van der Waals surface area contributed by atoms with Gasteiger partial charge < -0.3 is 10.0 Å². The van der Waals surface area contributed by atoms with Gasteiger partial charge in [0.2, 0.25) is 0 Å². The van der Waals surface area contributed by atoms with Crippen LogP contribution in [0.4, 0.5) is 0 Å². The zero-order valence-electron chi connectivity index (χ0n) is 11.5. The smallest absolute Gasteiger partial charge is 0.0431 e. The molecule has 2 nitrogen and oxygen atoms in total. The van der Waals surface area contributed by atoms with Crippen molar-refractivity contribution in [2.24, 2.45) is 0 Å². The largest absolute Gasteiger partial charge is 0.396 e. The first-order valence-electron chi connectivity index (χ1n) is 7.19. The van der Waals surface area contributed by atoms with E-state index >= 15 is 0 Å². The van der Waals surface area contributed by atoms with Gasteiger partial charge in [-0.25, -0.2) is 0 Å². The average molecular weight is 247 g/mol. The van der Waals surface area contributed by atoms with Crippen LogP contribution in [0.15, 0.2) is 18.2 Å². The second kappa shape index (κ2) is 6.91. The number of aryl methyl sites for hydroxylation is 2. The summed E-state index contributed by atoms with van der Waals surface area (Å²) in [4.78, 5) is 2.35. The van der Waals surface area contributed by atoms with Gasteiger partial charge in [-0.05, 0) is 68.8 Å². The molecular formula is C16H25NO. The van der Waals surface area contributed by atoms with Crippen LogP contribution < -0.4 is 0 Å². The lowest BCUT2D eigenvalue weighted by Crippen LogP contribution is -2.19. The topological polar surface area (TPSA) is 23.5 Å². The lowest BCUT2D eigenvalue weighted by atomic mass is 9.90. The third kappa shape index (κ3) is 3.82. The minimum Gasteiger partial charge on any atom is -0.396 e. The van der Waals surface area contributed by atoms with Crippen LogP contribution in [0.5, 0.6) is 0 Å². The third-order valence-corrected chi connectivity index (χ3v) is 3.81. The fraction of sp³-hybridized carbons (Fsp3) is 0.625. The molecule has 1 N–H and O–H groups in total. The quantitative estimate of drug-likeness (QED) is 0.781. The summed E-state index contributed by atoms with van der Waals surface area (Å²) in [5.41, 5.74) is 4.57. The number of aliphatic hydroxyl groups excluding tert-OH is 1. The molecule has 0 fully saturated rings. The molecule has 0 bridgehead atoms. The Morgan fingerprint density at radius 3 is 2.67 bits per heavy atom. The summed E-state index contributed by atoms with van der Waals surface area (Å²) in [6.45, 7) is 2.41. The zero-order chi connectivity index (χ0) is 12.8. The zero-order valence-corrected chi connectivity index (χ0v) is 11.5. The van der Waals surface area contributed by atoms with Gasteiger partial charge in [0.1, 0.15) is 0 Å². The van der Waals surface area contributed by atoms with Crippen molar-refractivity contribution in [1.82, 2.24) is 4.90 Å². The van der Waals surface area contributed by atoms with Crippen molar-refractivity contribution in [3.63, 3.8) is 0 Å². The summed E-state index contributed by atoms with van der Waals surface area (Å²) >= 11 is 0. The van der Waals surface area contributed by atoms with Crippen LogP contribution in [0.2, 0.25) is 0 Å². The number of nitrogens with zero attached hydrogens (tertiary/aromatic N) is 1. The standard InChI is InChI=1S/C16H25NO/c1-17(10-4-5-11-18)13-14-8-9-15-6-2-3-7-16(15)12-14/h8-9,12,18H,2-7,10-11,13H2,1H3. The van der Waals surface area contributed by atoms with E-state index in [0.717, 1.165) is 25.9 Å². The second-order valence-electron chi connectivity index (χ2n) is 5.48. The van der Waals surface area contributed by atoms with Crippen LogP contribution in [0.1, 0.15) is 42.4 Å². The first-order chi connectivity index (χ1) is 8.79. The van der Waals surface area contributed by atoms with Crippen molar-refractivity contribution >= 4 is 0 Å². The van der Waals surface area contributed by atoms with E-state index in [0.29, 0.717) is 6.61 Å². The highest BCUT2D eigenvalue weighted by Gasteiger charge is 2.10. The maximum atomic E-state index is 8.78. The van der Waals surface area contributed by atoms with E-state index in [-0.39, 0.29) is 0 Å². The van der Waals surface area contributed by atoms with Crippen molar-refractivity contribution in [2.45, 2.75) is 45.1 Å². The Morgan fingerprint density at radius 1 is 1.11 bits per heavy atom. The van der Waals surface area contributed by atoms with Gasteiger partial charge in [-0.15, -0.1) is 0 Å². The molecule has 18 heavy (non-hydrogen) atoms. The number of hydrogen-bond donors (Lipinski definition) is 1. The molecule has 0 amide bonds. The molecule has 1 aromatic rings. The van der Waals surface area contributed by atoms with E-state index in [1.165, 1.54) is 31.2 Å². The van der Waals surface area contributed by atoms with Gasteiger partial charge in [0.05, 0.1) is 0 Å². The summed E-state index contributed by atoms with van der Waals surface area (Å²) in [6, 6.07) is 7.01. The summed E-state index contributed by atoms with van der Waals surface area (Å²) in [6.07, 6.45) is 7.22. The van der Waals surface area contributed by atoms with Crippen LogP contribution in [0, 0.1) is 0 Å². The number of aliphatic hydroxyl groups is 1. The van der Waals surface area contributed by atoms with Gasteiger partial charge in [-0.2, -0.15) is 0 Å². The second-order valence-corrected chi connectivity index (χ2v) is 5.48. The molecule has 0 atom stereocenters. The molecule has 2 heteroatoms. The molecule has 1 aliphatic rings. The van der Waals surface area contributed by atoms with E-state index in [4.69, 9.17) is 5.11 Å². The van der Waals surface area contributed by atoms with Crippen molar-refractivity contribution in [1.29, 1.82) is 0 Å². The van der Waals surface area contributed by atoms with Crippen molar-refractivity contribution in [2.75, 3.05) is 20.2 Å². The van der Waals surface area contributed by atoms with E-state index in [1.54, 1.807) is 11.1 Å². The number of hydrogen-bond acceptors (Lipinski definition) is 2. The first-order valence-corrected chi connectivity index (χ1v) is 7.19. The predicted octanol–water partition coefficient (Wildman–Crippen LogP) is 2.77. The Kier molecular flexibility index (Phi) is 5.21. The molecule has 0 aliphatic heterocycles. The highest BCUT2D eigenvalue weighted by atomic mass is 16.2. The number of fused-ring (bicyclic) bond motifs is 1. The maximum Gasteiger partial charge on any atom is 0.0431 e. The summed E-state index contributed by atoms with van der Waals surface area (Å²) < 4.78 is 0. The maximum absolute atomic E-state index is 8.78. The van der Waals surface area contributed by atoms with Gasteiger partial charge >= 0.3 is 0 Å². The molecule has 0 saturated carbocycles. The molecule has 0 unspecified atom stereocenters. The summed E-state index contributed by atoms with van der Waals surface area (Å²) in [5.74, 6) is 0. The van der Waals surface area contributed by atoms with Crippen LogP contribution in [-0.4, -0.2) is 30.2 Å². The van der Waals surface area contributed by atoms with E-state index in [1.807, 2.05) is 0 Å². The summed E-state index contributed by atoms with van der Waals surface area (Å²) in [7, 11) is 2.16. The summed E-state index contributed by atoms with van der Waals surface area (Å²) in [5, 5.41) is 8.78.